The lowest BCUT2D eigenvalue weighted by atomic mass is 10.1. The monoisotopic (exact) mass is 281 g/mol. The lowest BCUT2D eigenvalue weighted by Crippen LogP contribution is -1.97. The molecule has 4 heteroatoms. The van der Waals surface area contributed by atoms with Crippen molar-refractivity contribution in [1.82, 2.24) is 15.0 Å². The topological polar surface area (TPSA) is 41.6 Å². The third kappa shape index (κ3) is 2.60. The van der Waals surface area contributed by atoms with E-state index in [0.29, 0.717) is 4.64 Å². The van der Waals surface area contributed by atoms with Crippen molar-refractivity contribution in [3.8, 4) is 11.3 Å². The van der Waals surface area contributed by atoms with Gasteiger partial charge in [0.05, 0.1) is 11.2 Å². The van der Waals surface area contributed by atoms with Crippen molar-refractivity contribution in [2.75, 3.05) is 0 Å². The Morgan fingerprint density at radius 3 is 2.90 bits per heavy atom. The third-order valence-electron chi connectivity index (χ3n) is 3.18. The van der Waals surface area contributed by atoms with Gasteiger partial charge in [-0.1, -0.05) is 37.3 Å². The zero-order valence-electron chi connectivity index (χ0n) is 11.3. The summed E-state index contributed by atoms with van der Waals surface area (Å²) in [4.78, 5) is 12.2. The van der Waals surface area contributed by atoms with Gasteiger partial charge in [0.15, 0.2) is 0 Å². The van der Waals surface area contributed by atoms with E-state index in [1.807, 2.05) is 30.5 Å². The smallest absolute Gasteiger partial charge is 0.130 e. The fourth-order valence-corrected chi connectivity index (χ4v) is 2.47. The van der Waals surface area contributed by atoms with Gasteiger partial charge >= 0.3 is 0 Å². The van der Waals surface area contributed by atoms with Crippen molar-refractivity contribution in [3.63, 3.8) is 0 Å². The number of aromatic amines is 1. The molecule has 20 heavy (non-hydrogen) atoms. The van der Waals surface area contributed by atoms with Crippen LogP contribution in [-0.2, 0) is 6.42 Å². The fourth-order valence-electron chi connectivity index (χ4n) is 2.24. The lowest BCUT2D eigenvalue weighted by Gasteiger charge is -2.06. The average Bonchev–Trinajstić information content (AvgIpc) is 2.46. The van der Waals surface area contributed by atoms with Crippen LogP contribution in [0.25, 0.3) is 22.2 Å². The Labute approximate surface area is 122 Å². The van der Waals surface area contributed by atoms with E-state index in [0.717, 1.165) is 40.8 Å². The van der Waals surface area contributed by atoms with Gasteiger partial charge in [-0.15, -0.1) is 0 Å². The Kier molecular flexibility index (Phi) is 3.56. The third-order valence-corrected chi connectivity index (χ3v) is 3.39. The minimum atomic E-state index is 0.621. The minimum absolute atomic E-state index is 0.621. The molecule has 0 radical (unpaired) electrons. The number of aryl methyl sites for hydroxylation is 1. The number of H-pyrrole nitrogens is 1. The fraction of sp³-hybridized carbons (Fsp3) is 0.188. The van der Waals surface area contributed by atoms with Crippen LogP contribution >= 0.6 is 12.2 Å². The second-order valence-electron chi connectivity index (χ2n) is 4.75. The molecule has 0 spiro atoms. The molecule has 3 nitrogen and oxygen atoms in total. The van der Waals surface area contributed by atoms with Crippen molar-refractivity contribution in [3.05, 3.63) is 53.1 Å². The first kappa shape index (κ1) is 12.9. The quantitative estimate of drug-likeness (QED) is 0.727. The second kappa shape index (κ2) is 5.51. The summed E-state index contributed by atoms with van der Waals surface area (Å²) in [5, 5.41) is 1.12. The molecule has 100 valence electrons. The van der Waals surface area contributed by atoms with Crippen molar-refractivity contribution in [2.45, 2.75) is 19.8 Å². The van der Waals surface area contributed by atoms with Crippen LogP contribution in [0.4, 0.5) is 0 Å². The summed E-state index contributed by atoms with van der Waals surface area (Å²) in [5.41, 5.74) is 3.01. The summed E-state index contributed by atoms with van der Waals surface area (Å²) in [5.74, 6) is 0.933. The zero-order valence-corrected chi connectivity index (χ0v) is 12.1. The number of fused-ring (bicyclic) bond motifs is 1. The maximum atomic E-state index is 5.25. The van der Waals surface area contributed by atoms with Crippen molar-refractivity contribution in [2.24, 2.45) is 0 Å². The highest BCUT2D eigenvalue weighted by Crippen LogP contribution is 2.21. The molecular formula is C16H15N3S. The summed E-state index contributed by atoms with van der Waals surface area (Å²) in [6, 6.07) is 12.1. The van der Waals surface area contributed by atoms with Crippen LogP contribution in [0.1, 0.15) is 19.2 Å². The van der Waals surface area contributed by atoms with E-state index in [1.54, 1.807) is 0 Å². The number of pyridine rings is 1. The SMILES string of the molecule is CCCc1nc(=S)cc(-c2cnc3ccccc3c2)[nH]1. The largest absolute Gasteiger partial charge is 0.343 e. The first-order chi connectivity index (χ1) is 9.76. The molecule has 0 bridgehead atoms. The van der Waals surface area contributed by atoms with Gasteiger partial charge in [0.1, 0.15) is 10.5 Å². The molecule has 0 atom stereocenters. The normalized spacial score (nSPS) is 10.8. The molecule has 0 amide bonds. The molecule has 0 fully saturated rings. The van der Waals surface area contributed by atoms with Gasteiger partial charge in [0, 0.05) is 23.6 Å². The maximum Gasteiger partial charge on any atom is 0.130 e. The molecule has 2 heterocycles. The first-order valence-electron chi connectivity index (χ1n) is 6.71. The molecule has 0 aliphatic rings. The van der Waals surface area contributed by atoms with E-state index in [1.165, 1.54) is 0 Å². The van der Waals surface area contributed by atoms with Gasteiger partial charge < -0.3 is 4.98 Å². The van der Waals surface area contributed by atoms with Crippen LogP contribution in [-0.4, -0.2) is 15.0 Å². The minimum Gasteiger partial charge on any atom is -0.343 e. The summed E-state index contributed by atoms with van der Waals surface area (Å²) >= 11 is 5.25. The number of hydrogen-bond acceptors (Lipinski definition) is 3. The number of hydrogen-bond donors (Lipinski definition) is 1. The van der Waals surface area contributed by atoms with Gasteiger partial charge in [-0.05, 0) is 24.6 Å². The highest BCUT2D eigenvalue weighted by atomic mass is 32.1. The zero-order chi connectivity index (χ0) is 13.9. The van der Waals surface area contributed by atoms with Crippen LogP contribution in [0, 0.1) is 4.64 Å². The molecule has 0 saturated heterocycles. The highest BCUT2D eigenvalue weighted by molar-refractivity contribution is 7.71. The van der Waals surface area contributed by atoms with Gasteiger partial charge in [-0.2, -0.15) is 0 Å². The van der Waals surface area contributed by atoms with E-state index < -0.39 is 0 Å². The van der Waals surface area contributed by atoms with Crippen molar-refractivity contribution in [1.29, 1.82) is 0 Å². The predicted octanol–water partition coefficient (Wildman–Crippen LogP) is 4.31. The van der Waals surface area contributed by atoms with Gasteiger partial charge in [-0.3, -0.25) is 4.98 Å². The van der Waals surface area contributed by atoms with E-state index in [9.17, 15) is 0 Å². The Bertz CT molecular complexity index is 808. The van der Waals surface area contributed by atoms with Crippen LogP contribution in [0.15, 0.2) is 42.6 Å². The standard InChI is InChI=1S/C16H15N3S/c1-2-5-15-18-14(9-16(20)19-15)12-8-11-6-3-4-7-13(11)17-10-12/h3-4,6-10H,2,5H2,1H3,(H,18,19,20). The molecule has 2 aromatic heterocycles. The van der Waals surface area contributed by atoms with Gasteiger partial charge in [0.25, 0.3) is 0 Å². The number of nitrogens with zero attached hydrogens (tertiary/aromatic N) is 2. The van der Waals surface area contributed by atoms with E-state index in [2.05, 4.69) is 34.0 Å². The van der Waals surface area contributed by atoms with E-state index >= 15 is 0 Å². The van der Waals surface area contributed by atoms with E-state index in [-0.39, 0.29) is 0 Å². The Balaban J connectivity index is 2.12. The van der Waals surface area contributed by atoms with Crippen LogP contribution < -0.4 is 0 Å². The molecule has 1 N–H and O–H groups in total. The molecule has 3 aromatic rings. The summed E-state index contributed by atoms with van der Waals surface area (Å²) in [6.07, 6.45) is 3.81. The van der Waals surface area contributed by atoms with Crippen LogP contribution in [0.5, 0.6) is 0 Å². The average molecular weight is 281 g/mol. The molecular weight excluding hydrogens is 266 g/mol. The van der Waals surface area contributed by atoms with Gasteiger partial charge in [0.2, 0.25) is 0 Å². The Morgan fingerprint density at radius 2 is 2.05 bits per heavy atom. The predicted molar refractivity (Wildman–Crippen MR) is 84.2 cm³/mol. The molecule has 0 aliphatic heterocycles. The molecule has 3 rings (SSSR count). The number of rotatable bonds is 3. The summed E-state index contributed by atoms with van der Waals surface area (Å²) in [7, 11) is 0. The van der Waals surface area contributed by atoms with Crippen molar-refractivity contribution >= 4 is 23.1 Å². The molecule has 1 aromatic carbocycles. The summed E-state index contributed by atoms with van der Waals surface area (Å²) < 4.78 is 0.621. The van der Waals surface area contributed by atoms with Gasteiger partial charge in [-0.25, -0.2) is 4.98 Å². The lowest BCUT2D eigenvalue weighted by molar-refractivity contribution is 0.833. The first-order valence-corrected chi connectivity index (χ1v) is 7.12. The van der Waals surface area contributed by atoms with Crippen molar-refractivity contribution < 1.29 is 0 Å². The second-order valence-corrected chi connectivity index (χ2v) is 5.16. The Morgan fingerprint density at radius 1 is 1.20 bits per heavy atom. The number of benzene rings is 1. The summed E-state index contributed by atoms with van der Waals surface area (Å²) in [6.45, 7) is 2.13. The maximum absolute atomic E-state index is 5.25. The molecule has 0 aliphatic carbocycles. The number of aromatic nitrogens is 3. The number of para-hydroxylation sites is 1. The van der Waals surface area contributed by atoms with Crippen LogP contribution in [0.2, 0.25) is 0 Å². The van der Waals surface area contributed by atoms with Crippen LogP contribution in [0.3, 0.4) is 0 Å². The molecule has 0 unspecified atom stereocenters. The molecule has 0 saturated carbocycles. The Hall–Kier alpha value is -2.07. The number of nitrogens with one attached hydrogen (secondary N) is 1. The highest BCUT2D eigenvalue weighted by Gasteiger charge is 2.03. The van der Waals surface area contributed by atoms with E-state index in [4.69, 9.17) is 12.2 Å².